The van der Waals surface area contributed by atoms with Crippen molar-refractivity contribution in [3.8, 4) is 0 Å². The molecule has 0 saturated heterocycles. The Balaban J connectivity index is 2.34. The van der Waals surface area contributed by atoms with Crippen LogP contribution in [0.5, 0.6) is 0 Å². The first-order valence-electron chi connectivity index (χ1n) is 5.30. The van der Waals surface area contributed by atoms with Crippen LogP contribution in [0.25, 0.3) is 0 Å². The molecule has 1 heterocycles. The van der Waals surface area contributed by atoms with Crippen molar-refractivity contribution in [2.75, 3.05) is 6.54 Å². The highest BCUT2D eigenvalue weighted by Crippen LogP contribution is 2.10. The van der Waals surface area contributed by atoms with Crippen LogP contribution in [-0.2, 0) is 16.0 Å². The van der Waals surface area contributed by atoms with Gasteiger partial charge in [0.05, 0.1) is 0 Å². The van der Waals surface area contributed by atoms with E-state index in [-0.39, 0.29) is 24.8 Å². The Labute approximate surface area is 98.2 Å². The maximum atomic E-state index is 11.2. The van der Waals surface area contributed by atoms with E-state index in [1.165, 1.54) is 0 Å². The van der Waals surface area contributed by atoms with Gasteiger partial charge >= 0.3 is 5.97 Å². The molecule has 1 rings (SSSR count). The van der Waals surface area contributed by atoms with Crippen LogP contribution in [-0.4, -0.2) is 33.7 Å². The maximum absolute atomic E-state index is 11.2. The largest absolute Gasteiger partial charge is 0.480 e. The SMILES string of the molecule is CC(C)c1noc(CCC(=O)NCC(=O)O)n1. The molecule has 0 aliphatic rings. The molecule has 17 heavy (non-hydrogen) atoms. The maximum Gasteiger partial charge on any atom is 0.322 e. The van der Waals surface area contributed by atoms with Gasteiger partial charge in [-0.15, -0.1) is 0 Å². The van der Waals surface area contributed by atoms with Crippen LogP contribution in [0.4, 0.5) is 0 Å². The van der Waals surface area contributed by atoms with Crippen LogP contribution in [0.3, 0.4) is 0 Å². The van der Waals surface area contributed by atoms with Crippen molar-refractivity contribution in [1.29, 1.82) is 0 Å². The molecule has 1 aromatic rings. The molecule has 0 unspecified atom stereocenters. The Morgan fingerprint density at radius 1 is 1.47 bits per heavy atom. The molecule has 0 radical (unpaired) electrons. The van der Waals surface area contributed by atoms with E-state index in [1.807, 2.05) is 13.8 Å². The van der Waals surface area contributed by atoms with Crippen molar-refractivity contribution >= 4 is 11.9 Å². The van der Waals surface area contributed by atoms with Crippen LogP contribution in [0.15, 0.2) is 4.52 Å². The second-order valence-corrected chi connectivity index (χ2v) is 3.87. The Bertz CT molecular complexity index is 400. The van der Waals surface area contributed by atoms with Crippen LogP contribution in [0, 0.1) is 0 Å². The summed E-state index contributed by atoms with van der Waals surface area (Å²) in [5.41, 5.74) is 0. The third-order valence-corrected chi connectivity index (χ3v) is 2.00. The predicted molar refractivity (Wildman–Crippen MR) is 57.4 cm³/mol. The van der Waals surface area contributed by atoms with Gasteiger partial charge in [0.15, 0.2) is 5.82 Å². The van der Waals surface area contributed by atoms with Gasteiger partial charge < -0.3 is 14.9 Å². The summed E-state index contributed by atoms with van der Waals surface area (Å²) in [6, 6.07) is 0. The van der Waals surface area contributed by atoms with Crippen LogP contribution in [0.2, 0.25) is 0 Å². The molecule has 0 aliphatic carbocycles. The normalized spacial score (nSPS) is 10.5. The second kappa shape index (κ2) is 5.97. The average molecular weight is 241 g/mol. The van der Waals surface area contributed by atoms with Crippen LogP contribution in [0.1, 0.15) is 37.9 Å². The number of aliphatic carboxylic acids is 1. The molecular formula is C10H15N3O4. The van der Waals surface area contributed by atoms with Gasteiger partial charge in [-0.3, -0.25) is 9.59 Å². The molecule has 0 fully saturated rings. The summed E-state index contributed by atoms with van der Waals surface area (Å²) in [7, 11) is 0. The lowest BCUT2D eigenvalue weighted by Crippen LogP contribution is -2.29. The Morgan fingerprint density at radius 2 is 2.18 bits per heavy atom. The number of aryl methyl sites for hydroxylation is 1. The molecule has 1 aromatic heterocycles. The minimum absolute atomic E-state index is 0.132. The first-order valence-corrected chi connectivity index (χ1v) is 5.30. The van der Waals surface area contributed by atoms with Gasteiger partial charge in [-0.1, -0.05) is 19.0 Å². The molecule has 94 valence electrons. The van der Waals surface area contributed by atoms with E-state index in [4.69, 9.17) is 9.63 Å². The third-order valence-electron chi connectivity index (χ3n) is 2.00. The zero-order valence-electron chi connectivity index (χ0n) is 9.77. The molecule has 0 atom stereocenters. The van der Waals surface area contributed by atoms with E-state index in [0.29, 0.717) is 18.1 Å². The van der Waals surface area contributed by atoms with Crippen molar-refractivity contribution in [3.63, 3.8) is 0 Å². The summed E-state index contributed by atoms with van der Waals surface area (Å²) in [6.45, 7) is 3.50. The summed E-state index contributed by atoms with van der Waals surface area (Å²) < 4.78 is 4.94. The number of aromatic nitrogens is 2. The fourth-order valence-electron chi connectivity index (χ4n) is 1.09. The monoisotopic (exact) mass is 241 g/mol. The molecule has 2 N–H and O–H groups in total. The van der Waals surface area contributed by atoms with Crippen molar-refractivity contribution < 1.29 is 19.2 Å². The van der Waals surface area contributed by atoms with E-state index < -0.39 is 5.97 Å². The molecule has 0 saturated carbocycles. The molecule has 0 bridgehead atoms. The minimum Gasteiger partial charge on any atom is -0.480 e. The highest BCUT2D eigenvalue weighted by molar-refractivity contribution is 5.81. The summed E-state index contributed by atoms with van der Waals surface area (Å²) in [6.07, 6.45) is 0.443. The topological polar surface area (TPSA) is 105 Å². The number of hydrogen-bond acceptors (Lipinski definition) is 5. The minimum atomic E-state index is -1.07. The van der Waals surface area contributed by atoms with Gasteiger partial charge in [-0.25, -0.2) is 0 Å². The first-order chi connectivity index (χ1) is 7.99. The average Bonchev–Trinajstić information content (AvgIpc) is 2.72. The highest BCUT2D eigenvalue weighted by atomic mass is 16.5. The number of carboxylic acid groups (broad SMARTS) is 1. The van der Waals surface area contributed by atoms with Crippen LogP contribution < -0.4 is 5.32 Å². The van der Waals surface area contributed by atoms with Gasteiger partial charge in [-0.05, 0) is 0 Å². The van der Waals surface area contributed by atoms with E-state index >= 15 is 0 Å². The van der Waals surface area contributed by atoms with Crippen molar-refractivity contribution in [3.05, 3.63) is 11.7 Å². The van der Waals surface area contributed by atoms with Gasteiger partial charge in [0.2, 0.25) is 11.8 Å². The third kappa shape index (κ3) is 4.62. The lowest BCUT2D eigenvalue weighted by atomic mass is 10.2. The lowest BCUT2D eigenvalue weighted by molar-refractivity contribution is -0.137. The quantitative estimate of drug-likeness (QED) is 0.743. The summed E-state index contributed by atoms with van der Waals surface area (Å²) >= 11 is 0. The zero-order chi connectivity index (χ0) is 12.8. The zero-order valence-corrected chi connectivity index (χ0v) is 9.77. The number of carboxylic acids is 1. The standard InChI is InChI=1S/C10H15N3O4/c1-6(2)10-12-8(17-13-10)4-3-7(14)11-5-9(15)16/h6H,3-5H2,1-2H3,(H,11,14)(H,15,16). The van der Waals surface area contributed by atoms with E-state index in [1.54, 1.807) is 0 Å². The highest BCUT2D eigenvalue weighted by Gasteiger charge is 2.11. The summed E-state index contributed by atoms with van der Waals surface area (Å²) in [5, 5.41) is 14.4. The molecule has 7 nitrogen and oxygen atoms in total. The molecule has 0 aromatic carbocycles. The number of carbonyl (C=O) groups is 2. The molecule has 1 amide bonds. The number of rotatable bonds is 6. The fourth-order valence-corrected chi connectivity index (χ4v) is 1.09. The van der Waals surface area contributed by atoms with Crippen molar-refractivity contribution in [1.82, 2.24) is 15.5 Å². The fraction of sp³-hybridized carbons (Fsp3) is 0.600. The molecule has 0 aliphatic heterocycles. The Hall–Kier alpha value is -1.92. The Kier molecular flexibility index (Phi) is 4.62. The van der Waals surface area contributed by atoms with E-state index in [2.05, 4.69) is 15.5 Å². The summed E-state index contributed by atoms with van der Waals surface area (Å²) in [5.74, 6) is -0.256. The molecule has 7 heteroatoms. The number of nitrogens with one attached hydrogen (secondary N) is 1. The predicted octanol–water partition coefficient (Wildman–Crippen LogP) is 0.326. The van der Waals surface area contributed by atoms with Gasteiger partial charge in [0.25, 0.3) is 0 Å². The molecule has 0 spiro atoms. The number of carbonyl (C=O) groups excluding carboxylic acids is 1. The number of hydrogen-bond donors (Lipinski definition) is 2. The number of nitrogens with zero attached hydrogens (tertiary/aromatic N) is 2. The first kappa shape index (κ1) is 13.1. The Morgan fingerprint density at radius 3 is 2.71 bits per heavy atom. The van der Waals surface area contributed by atoms with Gasteiger partial charge in [0, 0.05) is 18.8 Å². The molecular weight excluding hydrogens is 226 g/mol. The number of amides is 1. The van der Waals surface area contributed by atoms with E-state index in [9.17, 15) is 9.59 Å². The lowest BCUT2D eigenvalue weighted by Gasteiger charge is -1.99. The van der Waals surface area contributed by atoms with Gasteiger partial charge in [-0.2, -0.15) is 4.98 Å². The smallest absolute Gasteiger partial charge is 0.322 e. The van der Waals surface area contributed by atoms with E-state index in [0.717, 1.165) is 0 Å². The van der Waals surface area contributed by atoms with Crippen LogP contribution >= 0.6 is 0 Å². The van der Waals surface area contributed by atoms with Gasteiger partial charge in [0.1, 0.15) is 6.54 Å². The van der Waals surface area contributed by atoms with Crippen molar-refractivity contribution in [2.45, 2.75) is 32.6 Å². The summed E-state index contributed by atoms with van der Waals surface area (Å²) in [4.78, 5) is 25.5. The van der Waals surface area contributed by atoms with Crippen molar-refractivity contribution in [2.24, 2.45) is 0 Å². The second-order valence-electron chi connectivity index (χ2n) is 3.87.